The van der Waals surface area contributed by atoms with Crippen LogP contribution < -0.4 is 5.32 Å². The van der Waals surface area contributed by atoms with Crippen LogP contribution in [-0.4, -0.2) is 6.54 Å². The van der Waals surface area contributed by atoms with Gasteiger partial charge in [-0.1, -0.05) is 52.8 Å². The van der Waals surface area contributed by atoms with E-state index in [1.54, 1.807) is 0 Å². The Labute approximate surface area is 128 Å². The molecule has 0 saturated carbocycles. The summed E-state index contributed by atoms with van der Waals surface area (Å²) in [6.07, 6.45) is 2.23. The highest BCUT2D eigenvalue weighted by atomic mass is 16.3. The number of furan rings is 1. The summed E-state index contributed by atoms with van der Waals surface area (Å²) in [5, 5.41) is 4.79. The highest BCUT2D eigenvalue weighted by molar-refractivity contribution is 5.85. The highest BCUT2D eigenvalue weighted by Crippen LogP contribution is 2.33. The maximum Gasteiger partial charge on any atom is 0.138 e. The first-order valence-corrected chi connectivity index (χ1v) is 8.28. The van der Waals surface area contributed by atoms with Crippen LogP contribution >= 0.6 is 0 Å². The lowest BCUT2D eigenvalue weighted by Crippen LogP contribution is -2.14. The molecule has 0 amide bonds. The Balaban J connectivity index is 2.47. The van der Waals surface area contributed by atoms with E-state index in [1.165, 1.54) is 16.5 Å². The summed E-state index contributed by atoms with van der Waals surface area (Å²) in [4.78, 5) is 0. The number of benzene rings is 1. The van der Waals surface area contributed by atoms with E-state index in [0.717, 1.165) is 37.3 Å². The first-order chi connectivity index (χ1) is 10.0. The molecule has 2 heteroatoms. The number of hydrogen-bond donors (Lipinski definition) is 1. The number of fused-ring (bicyclic) bond motifs is 1. The van der Waals surface area contributed by atoms with E-state index in [9.17, 15) is 0 Å². The smallest absolute Gasteiger partial charge is 0.138 e. The second kappa shape index (κ2) is 7.13. The lowest BCUT2D eigenvalue weighted by Gasteiger charge is -2.07. The summed E-state index contributed by atoms with van der Waals surface area (Å²) in [6, 6.07) is 6.57. The molecule has 0 atom stereocenters. The summed E-state index contributed by atoms with van der Waals surface area (Å²) in [5.74, 6) is 2.25. The minimum Gasteiger partial charge on any atom is -0.459 e. The first kappa shape index (κ1) is 16.1. The normalized spacial score (nSPS) is 12.0. The quantitative estimate of drug-likeness (QED) is 0.703. The molecule has 0 fully saturated rings. The molecule has 0 radical (unpaired) electrons. The molecule has 1 aromatic carbocycles. The van der Waals surface area contributed by atoms with Gasteiger partial charge in [-0.15, -0.1) is 0 Å². The van der Waals surface area contributed by atoms with Crippen molar-refractivity contribution in [3.63, 3.8) is 0 Å². The molecule has 0 aliphatic heterocycles. The predicted octanol–water partition coefficient (Wildman–Crippen LogP) is 5.25. The lowest BCUT2D eigenvalue weighted by atomic mass is 9.96. The number of nitrogens with one attached hydrogen (secondary N) is 1. The van der Waals surface area contributed by atoms with Crippen LogP contribution in [0.5, 0.6) is 0 Å². The van der Waals surface area contributed by atoms with Gasteiger partial charge in [0.25, 0.3) is 0 Å². The molecule has 0 spiro atoms. The van der Waals surface area contributed by atoms with Gasteiger partial charge in [-0.3, -0.25) is 0 Å². The molecule has 2 rings (SSSR count). The number of rotatable bonds is 7. The molecule has 0 saturated heterocycles. The maximum absolute atomic E-state index is 6.28. The highest BCUT2D eigenvalue weighted by Gasteiger charge is 2.18. The number of hydrogen-bond acceptors (Lipinski definition) is 2. The van der Waals surface area contributed by atoms with E-state index in [1.807, 2.05) is 0 Å². The summed E-state index contributed by atoms with van der Waals surface area (Å²) < 4.78 is 6.28. The molecule has 116 valence electrons. The molecule has 1 aromatic heterocycles. The van der Waals surface area contributed by atoms with Gasteiger partial charge in [0.2, 0.25) is 0 Å². The summed E-state index contributed by atoms with van der Waals surface area (Å²) >= 11 is 0. The standard InChI is InChI=1S/C19H29NO/c1-6-10-20-12-18-17(11-13(2)3)16-9-7-8-15(14(4)5)19(16)21-18/h7-9,13-14,20H,6,10-12H2,1-5H3. The first-order valence-electron chi connectivity index (χ1n) is 8.28. The molecule has 0 unspecified atom stereocenters. The fraction of sp³-hybridized carbons (Fsp3) is 0.579. The molecule has 0 bridgehead atoms. The monoisotopic (exact) mass is 287 g/mol. The average Bonchev–Trinajstić information content (AvgIpc) is 2.76. The summed E-state index contributed by atoms with van der Waals surface area (Å²) in [6.45, 7) is 13.1. The zero-order valence-electron chi connectivity index (χ0n) is 14.1. The van der Waals surface area contributed by atoms with Crippen molar-refractivity contribution >= 4 is 11.0 Å². The Bertz CT molecular complexity index is 581. The Hall–Kier alpha value is -1.28. The van der Waals surface area contributed by atoms with Crippen LogP contribution in [0.4, 0.5) is 0 Å². The summed E-state index contributed by atoms with van der Waals surface area (Å²) in [5.41, 5.74) is 3.81. The van der Waals surface area contributed by atoms with Crippen LogP contribution in [0.15, 0.2) is 22.6 Å². The molecular formula is C19H29NO. The van der Waals surface area contributed by atoms with Gasteiger partial charge in [0.1, 0.15) is 11.3 Å². The Kier molecular flexibility index (Phi) is 5.46. The van der Waals surface area contributed by atoms with Gasteiger partial charge >= 0.3 is 0 Å². The van der Waals surface area contributed by atoms with Crippen LogP contribution in [0, 0.1) is 5.92 Å². The van der Waals surface area contributed by atoms with Gasteiger partial charge in [-0.25, -0.2) is 0 Å². The second-order valence-corrected chi connectivity index (χ2v) is 6.66. The van der Waals surface area contributed by atoms with Crippen molar-refractivity contribution < 1.29 is 4.42 Å². The lowest BCUT2D eigenvalue weighted by molar-refractivity contribution is 0.498. The molecule has 0 aliphatic rings. The Morgan fingerprint density at radius 1 is 1.14 bits per heavy atom. The van der Waals surface area contributed by atoms with Crippen molar-refractivity contribution in [2.75, 3.05) is 6.54 Å². The van der Waals surface area contributed by atoms with Crippen LogP contribution in [-0.2, 0) is 13.0 Å². The maximum atomic E-state index is 6.28. The van der Waals surface area contributed by atoms with Crippen molar-refractivity contribution in [3.8, 4) is 0 Å². The van der Waals surface area contributed by atoms with E-state index in [-0.39, 0.29) is 0 Å². The Morgan fingerprint density at radius 3 is 2.52 bits per heavy atom. The van der Waals surface area contributed by atoms with Crippen molar-refractivity contribution in [1.82, 2.24) is 5.32 Å². The zero-order valence-corrected chi connectivity index (χ0v) is 14.1. The summed E-state index contributed by atoms with van der Waals surface area (Å²) in [7, 11) is 0. The van der Waals surface area contributed by atoms with Crippen molar-refractivity contribution in [3.05, 3.63) is 35.1 Å². The van der Waals surface area contributed by atoms with Crippen molar-refractivity contribution in [1.29, 1.82) is 0 Å². The third-order valence-electron chi connectivity index (χ3n) is 3.88. The average molecular weight is 287 g/mol. The fourth-order valence-electron chi connectivity index (χ4n) is 2.85. The third-order valence-corrected chi connectivity index (χ3v) is 3.88. The zero-order chi connectivity index (χ0) is 15.4. The molecule has 21 heavy (non-hydrogen) atoms. The van der Waals surface area contributed by atoms with Gasteiger partial charge in [0.15, 0.2) is 0 Å². The third kappa shape index (κ3) is 3.68. The minimum absolute atomic E-state index is 0.489. The van der Waals surface area contributed by atoms with Crippen LogP contribution in [0.1, 0.15) is 63.8 Å². The van der Waals surface area contributed by atoms with Gasteiger partial charge < -0.3 is 9.73 Å². The molecule has 1 N–H and O–H groups in total. The van der Waals surface area contributed by atoms with Gasteiger partial charge in [0, 0.05) is 10.9 Å². The number of para-hydroxylation sites is 1. The molecule has 2 aromatic rings. The molecule has 2 nitrogen and oxygen atoms in total. The minimum atomic E-state index is 0.489. The fourth-order valence-corrected chi connectivity index (χ4v) is 2.85. The predicted molar refractivity (Wildman–Crippen MR) is 90.8 cm³/mol. The van der Waals surface area contributed by atoms with Crippen LogP contribution in [0.25, 0.3) is 11.0 Å². The van der Waals surface area contributed by atoms with Gasteiger partial charge in [-0.05, 0) is 36.8 Å². The topological polar surface area (TPSA) is 25.2 Å². The Morgan fingerprint density at radius 2 is 1.90 bits per heavy atom. The molecule has 0 aliphatic carbocycles. The van der Waals surface area contributed by atoms with Crippen LogP contribution in [0.3, 0.4) is 0 Å². The largest absolute Gasteiger partial charge is 0.459 e. The molecule has 1 heterocycles. The SMILES string of the molecule is CCCNCc1oc2c(C(C)C)cccc2c1CC(C)C. The van der Waals surface area contributed by atoms with Crippen molar-refractivity contribution in [2.45, 2.75) is 59.9 Å². The van der Waals surface area contributed by atoms with E-state index in [2.05, 4.69) is 58.1 Å². The van der Waals surface area contributed by atoms with Crippen LogP contribution in [0.2, 0.25) is 0 Å². The van der Waals surface area contributed by atoms with Crippen molar-refractivity contribution in [2.24, 2.45) is 5.92 Å². The van der Waals surface area contributed by atoms with E-state index in [0.29, 0.717) is 11.8 Å². The van der Waals surface area contributed by atoms with E-state index in [4.69, 9.17) is 4.42 Å². The second-order valence-electron chi connectivity index (χ2n) is 6.66. The molecular weight excluding hydrogens is 258 g/mol. The van der Waals surface area contributed by atoms with E-state index < -0.39 is 0 Å². The van der Waals surface area contributed by atoms with Gasteiger partial charge in [0.05, 0.1) is 6.54 Å². The van der Waals surface area contributed by atoms with Gasteiger partial charge in [-0.2, -0.15) is 0 Å². The van der Waals surface area contributed by atoms with E-state index >= 15 is 0 Å².